The zero-order valence-electron chi connectivity index (χ0n) is 7.22. The van der Waals surface area contributed by atoms with Crippen molar-refractivity contribution in [1.29, 1.82) is 0 Å². The van der Waals surface area contributed by atoms with Crippen molar-refractivity contribution in [3.63, 3.8) is 0 Å². The average Bonchev–Trinajstić information content (AvgIpc) is 2.03. The number of rotatable bonds is 2. The number of hydrogen-bond acceptors (Lipinski definition) is 2. The van der Waals surface area contributed by atoms with Gasteiger partial charge in [-0.2, -0.15) is 0 Å². The van der Waals surface area contributed by atoms with Gasteiger partial charge in [0.2, 0.25) is 0 Å². The molecule has 0 bridgehead atoms. The lowest BCUT2D eigenvalue weighted by molar-refractivity contribution is 0.0629. The predicted octanol–water partition coefficient (Wildman–Crippen LogP) is 1.75. The van der Waals surface area contributed by atoms with Gasteiger partial charge in [-0.15, -0.1) is 0 Å². The van der Waals surface area contributed by atoms with Gasteiger partial charge in [-0.05, 0) is 19.1 Å². The van der Waals surface area contributed by atoms with Gasteiger partial charge in [-0.25, -0.2) is 4.39 Å². The van der Waals surface area contributed by atoms with Gasteiger partial charge < -0.3 is 10.8 Å². The van der Waals surface area contributed by atoms with E-state index in [1.54, 1.807) is 6.07 Å². The van der Waals surface area contributed by atoms with Gasteiger partial charge in [0.25, 0.3) is 0 Å². The maximum Gasteiger partial charge on any atom is 0.130 e. The maximum atomic E-state index is 13.3. The van der Waals surface area contributed by atoms with Crippen LogP contribution in [0.4, 0.5) is 4.39 Å². The highest BCUT2D eigenvalue weighted by atomic mass is 79.9. The third kappa shape index (κ3) is 2.27. The average molecular weight is 248 g/mol. The fourth-order valence-electron chi connectivity index (χ4n) is 1.04. The van der Waals surface area contributed by atoms with Crippen molar-refractivity contribution in [2.45, 2.75) is 12.5 Å². The predicted molar refractivity (Wildman–Crippen MR) is 52.7 cm³/mol. The van der Waals surface area contributed by atoms with Crippen molar-refractivity contribution >= 4 is 15.9 Å². The first kappa shape index (κ1) is 10.6. The Balaban J connectivity index is 3.16. The van der Waals surface area contributed by atoms with Gasteiger partial charge in [0, 0.05) is 16.6 Å². The summed E-state index contributed by atoms with van der Waals surface area (Å²) in [4.78, 5) is 0. The Hall–Kier alpha value is -0.450. The van der Waals surface area contributed by atoms with Gasteiger partial charge in [0.05, 0.1) is 0 Å². The summed E-state index contributed by atoms with van der Waals surface area (Å²) >= 11 is 3.13. The normalized spacial score (nSPS) is 15.5. The van der Waals surface area contributed by atoms with Crippen LogP contribution < -0.4 is 5.73 Å². The quantitative estimate of drug-likeness (QED) is 0.837. The lowest BCUT2D eigenvalue weighted by Crippen LogP contribution is -2.32. The third-order valence-corrected chi connectivity index (χ3v) is 2.40. The van der Waals surface area contributed by atoms with Crippen molar-refractivity contribution < 1.29 is 9.50 Å². The van der Waals surface area contributed by atoms with E-state index in [9.17, 15) is 9.50 Å². The first-order valence-corrected chi connectivity index (χ1v) is 4.64. The highest BCUT2D eigenvalue weighted by molar-refractivity contribution is 9.10. The van der Waals surface area contributed by atoms with Crippen LogP contribution in [0.25, 0.3) is 0 Å². The largest absolute Gasteiger partial charge is 0.384 e. The lowest BCUT2D eigenvalue weighted by Gasteiger charge is -2.22. The summed E-state index contributed by atoms with van der Waals surface area (Å²) in [5, 5.41) is 9.69. The Labute approximate surface area is 84.7 Å². The van der Waals surface area contributed by atoms with E-state index in [-0.39, 0.29) is 12.1 Å². The van der Waals surface area contributed by atoms with Crippen LogP contribution in [0.2, 0.25) is 0 Å². The molecule has 3 N–H and O–H groups in total. The molecule has 0 spiro atoms. The summed E-state index contributed by atoms with van der Waals surface area (Å²) in [5.74, 6) is -0.454. The molecule has 1 unspecified atom stereocenters. The molecule has 0 amide bonds. The van der Waals surface area contributed by atoms with E-state index in [2.05, 4.69) is 15.9 Å². The lowest BCUT2D eigenvalue weighted by atomic mass is 9.96. The van der Waals surface area contributed by atoms with Crippen molar-refractivity contribution in [3.05, 3.63) is 34.1 Å². The molecule has 0 aliphatic rings. The Morgan fingerprint density at radius 1 is 1.62 bits per heavy atom. The number of hydrogen-bond donors (Lipinski definition) is 2. The number of benzene rings is 1. The highest BCUT2D eigenvalue weighted by Crippen LogP contribution is 2.24. The molecule has 0 heterocycles. The molecule has 13 heavy (non-hydrogen) atoms. The molecule has 0 aliphatic carbocycles. The second-order valence-electron chi connectivity index (χ2n) is 3.10. The van der Waals surface area contributed by atoms with Crippen LogP contribution in [0.5, 0.6) is 0 Å². The van der Waals surface area contributed by atoms with Crippen molar-refractivity contribution in [2.24, 2.45) is 5.73 Å². The summed E-state index contributed by atoms with van der Waals surface area (Å²) in [6.45, 7) is 1.48. The van der Waals surface area contributed by atoms with Crippen LogP contribution in [0, 0.1) is 5.82 Å². The zero-order chi connectivity index (χ0) is 10.1. The standard InChI is InChI=1S/C9H11BrFNO/c1-9(13,5-12)7-3-2-6(10)4-8(7)11/h2-4,13H,5,12H2,1H3. The smallest absolute Gasteiger partial charge is 0.130 e. The van der Waals surface area contributed by atoms with Crippen LogP contribution in [-0.2, 0) is 5.60 Å². The molecule has 4 heteroatoms. The molecular formula is C9H11BrFNO. The van der Waals surface area contributed by atoms with Gasteiger partial charge in [0.1, 0.15) is 11.4 Å². The van der Waals surface area contributed by atoms with E-state index in [1.165, 1.54) is 19.1 Å². The van der Waals surface area contributed by atoms with E-state index in [4.69, 9.17) is 5.73 Å². The van der Waals surface area contributed by atoms with E-state index in [0.717, 1.165) is 0 Å². The summed E-state index contributed by atoms with van der Waals surface area (Å²) in [7, 11) is 0. The Kier molecular flexibility index (Phi) is 3.05. The van der Waals surface area contributed by atoms with Crippen molar-refractivity contribution in [3.8, 4) is 0 Å². The molecule has 0 saturated heterocycles. The van der Waals surface area contributed by atoms with E-state index in [1.807, 2.05) is 0 Å². The zero-order valence-corrected chi connectivity index (χ0v) is 8.81. The molecule has 0 aromatic heterocycles. The highest BCUT2D eigenvalue weighted by Gasteiger charge is 2.24. The van der Waals surface area contributed by atoms with Crippen LogP contribution >= 0.6 is 15.9 Å². The Morgan fingerprint density at radius 3 is 2.69 bits per heavy atom. The van der Waals surface area contributed by atoms with Gasteiger partial charge in [-0.3, -0.25) is 0 Å². The molecule has 1 aromatic rings. The first-order chi connectivity index (χ1) is 5.97. The molecule has 0 radical (unpaired) electrons. The minimum Gasteiger partial charge on any atom is -0.384 e. The van der Waals surface area contributed by atoms with Crippen LogP contribution in [0.15, 0.2) is 22.7 Å². The minimum atomic E-state index is -1.30. The van der Waals surface area contributed by atoms with Crippen LogP contribution in [0.3, 0.4) is 0 Å². The molecule has 1 aromatic carbocycles. The molecule has 0 fully saturated rings. The molecule has 0 saturated carbocycles. The van der Waals surface area contributed by atoms with E-state index in [0.29, 0.717) is 4.47 Å². The first-order valence-electron chi connectivity index (χ1n) is 3.85. The van der Waals surface area contributed by atoms with Crippen molar-refractivity contribution in [1.82, 2.24) is 0 Å². The van der Waals surface area contributed by atoms with Crippen LogP contribution in [0.1, 0.15) is 12.5 Å². The third-order valence-electron chi connectivity index (χ3n) is 1.91. The fourth-order valence-corrected chi connectivity index (χ4v) is 1.37. The second kappa shape index (κ2) is 3.74. The Bertz CT molecular complexity index is 314. The summed E-state index contributed by atoms with van der Waals surface area (Å²) in [5.41, 5.74) is 4.24. The summed E-state index contributed by atoms with van der Waals surface area (Å²) in [6, 6.07) is 4.49. The van der Waals surface area contributed by atoms with Gasteiger partial charge >= 0.3 is 0 Å². The topological polar surface area (TPSA) is 46.2 Å². The molecule has 72 valence electrons. The van der Waals surface area contributed by atoms with Gasteiger partial charge in [0.15, 0.2) is 0 Å². The number of halogens is 2. The summed E-state index contributed by atoms with van der Waals surface area (Å²) in [6.07, 6.45) is 0. The maximum absolute atomic E-state index is 13.3. The molecular weight excluding hydrogens is 237 g/mol. The molecule has 0 aliphatic heterocycles. The molecule has 1 rings (SSSR count). The van der Waals surface area contributed by atoms with E-state index < -0.39 is 11.4 Å². The van der Waals surface area contributed by atoms with E-state index >= 15 is 0 Å². The van der Waals surface area contributed by atoms with Crippen LogP contribution in [-0.4, -0.2) is 11.7 Å². The Morgan fingerprint density at radius 2 is 2.23 bits per heavy atom. The van der Waals surface area contributed by atoms with Gasteiger partial charge in [-0.1, -0.05) is 22.0 Å². The fraction of sp³-hybridized carbons (Fsp3) is 0.333. The molecule has 1 atom stereocenters. The number of nitrogens with two attached hydrogens (primary N) is 1. The van der Waals surface area contributed by atoms with Crippen molar-refractivity contribution in [2.75, 3.05) is 6.54 Å². The monoisotopic (exact) mass is 247 g/mol. The SMILES string of the molecule is CC(O)(CN)c1ccc(Br)cc1F. The number of aliphatic hydroxyl groups is 1. The second-order valence-corrected chi connectivity index (χ2v) is 4.02. The minimum absolute atomic E-state index is 0.00838. The molecule has 2 nitrogen and oxygen atoms in total. The summed E-state index contributed by atoms with van der Waals surface area (Å²) < 4.78 is 13.9.